The third kappa shape index (κ3) is 39.7. The summed E-state index contributed by atoms with van der Waals surface area (Å²) in [6.07, 6.45) is 32.7. The van der Waals surface area contributed by atoms with E-state index < -0.39 is 81.8 Å². The van der Waals surface area contributed by atoms with Gasteiger partial charge in [0.1, 0.15) is 18.8 Å². The summed E-state index contributed by atoms with van der Waals surface area (Å²) < 4.78 is 32.9. The first-order valence-corrected chi connectivity index (χ1v) is 25.9. The van der Waals surface area contributed by atoms with Crippen LogP contribution in [0.3, 0.4) is 0 Å². The lowest BCUT2D eigenvalue weighted by atomic mass is 10.0. The second-order valence-corrected chi connectivity index (χ2v) is 19.1. The molecule has 0 aliphatic rings. The highest BCUT2D eigenvalue weighted by Crippen LogP contribution is 2.43. The van der Waals surface area contributed by atoms with Gasteiger partial charge in [0.2, 0.25) is 0 Å². The van der Waals surface area contributed by atoms with Crippen molar-refractivity contribution in [3.63, 3.8) is 0 Å². The molecule has 0 bridgehead atoms. The van der Waals surface area contributed by atoms with Crippen molar-refractivity contribution in [1.82, 2.24) is 0 Å². The number of rotatable bonds is 43. The van der Waals surface area contributed by atoms with Crippen molar-refractivity contribution < 1.29 is 62.8 Å². The van der Waals surface area contributed by atoms with E-state index in [1.54, 1.807) is 18.2 Å². The molecule has 0 aromatic rings. The van der Waals surface area contributed by atoms with Crippen molar-refractivity contribution >= 4 is 37.5 Å². The van der Waals surface area contributed by atoms with Crippen molar-refractivity contribution in [1.29, 1.82) is 0 Å². The summed E-state index contributed by atoms with van der Waals surface area (Å²) in [6.45, 7) is 4.09. The molecule has 7 N–H and O–H groups in total. The summed E-state index contributed by atoms with van der Waals surface area (Å²) in [5.74, 6) is -1.63. The van der Waals surface area contributed by atoms with Crippen molar-refractivity contribution in [3.05, 3.63) is 48.6 Å². The Balaban J connectivity index is 5.15. The zero-order valence-corrected chi connectivity index (χ0v) is 40.3. The number of nitrogens with two attached hydrogens (primary N) is 1. The fraction of sp³-hybridized carbons (Fsp3) is 0.766. The van der Waals surface area contributed by atoms with Gasteiger partial charge in [0.25, 0.3) is 0 Å². The summed E-state index contributed by atoms with van der Waals surface area (Å²) in [7, 11) is -4.75. The zero-order chi connectivity index (χ0) is 47.0. The van der Waals surface area contributed by atoms with E-state index in [0.29, 0.717) is 6.42 Å². The average molecular weight is 934 g/mol. The number of hydrogen-bond donors (Lipinski definition) is 6. The number of hydrogen-bond acceptors (Lipinski definition) is 13. The smallest absolute Gasteiger partial charge is 0.472 e. The Hall–Kier alpha value is -2.33. The molecule has 1 unspecified atom stereocenters. The minimum atomic E-state index is -4.75. The summed E-state index contributed by atoms with van der Waals surface area (Å²) in [4.78, 5) is 46.9. The number of carbonyl (C=O) groups is 3. The minimum absolute atomic E-state index is 0.0183. The second kappa shape index (κ2) is 41.1. The highest BCUT2D eigenvalue weighted by molar-refractivity contribution is 8.00. The lowest BCUT2D eigenvalue weighted by Gasteiger charge is -2.22. The monoisotopic (exact) mass is 934 g/mol. The Morgan fingerprint density at radius 1 is 0.730 bits per heavy atom. The van der Waals surface area contributed by atoms with Crippen LogP contribution in [0, 0.1) is 5.92 Å². The maximum absolute atomic E-state index is 13.0. The van der Waals surface area contributed by atoms with E-state index in [1.165, 1.54) is 82.4 Å². The molecule has 0 aliphatic carbocycles. The van der Waals surface area contributed by atoms with Gasteiger partial charge in [-0.2, -0.15) is 0 Å². The van der Waals surface area contributed by atoms with Crippen LogP contribution in [0.25, 0.3) is 0 Å². The van der Waals surface area contributed by atoms with Crippen LogP contribution in [0.1, 0.15) is 162 Å². The van der Waals surface area contributed by atoms with Gasteiger partial charge in [0, 0.05) is 23.8 Å². The quantitative estimate of drug-likeness (QED) is 0.0110. The largest absolute Gasteiger partial charge is 0.481 e. The van der Waals surface area contributed by atoms with E-state index in [0.717, 1.165) is 44.4 Å². The summed E-state index contributed by atoms with van der Waals surface area (Å²) in [5, 5.41) is 37.9. The summed E-state index contributed by atoms with van der Waals surface area (Å²) >= 11 is 1.19. The van der Waals surface area contributed by atoms with Gasteiger partial charge in [-0.3, -0.25) is 23.4 Å². The van der Waals surface area contributed by atoms with Gasteiger partial charge in [-0.15, -0.1) is 11.8 Å². The van der Waals surface area contributed by atoms with E-state index in [-0.39, 0.29) is 31.4 Å². The van der Waals surface area contributed by atoms with Crippen molar-refractivity contribution in [2.24, 2.45) is 11.7 Å². The Kier molecular flexibility index (Phi) is 39.6. The minimum Gasteiger partial charge on any atom is -0.481 e. The average Bonchev–Trinajstić information content (AvgIpc) is 3.24. The Bertz CT molecular complexity index is 1330. The molecule has 0 aromatic carbocycles. The van der Waals surface area contributed by atoms with Gasteiger partial charge in [-0.1, -0.05) is 159 Å². The molecule has 14 nitrogen and oxygen atoms in total. The number of ether oxygens (including phenoxy) is 2. The molecule has 63 heavy (non-hydrogen) atoms. The molecular weight excluding hydrogens is 850 g/mol. The topological polar surface area (TPSA) is 232 Å². The van der Waals surface area contributed by atoms with Crippen LogP contribution in [-0.2, 0) is 37.5 Å². The first-order valence-electron chi connectivity index (χ1n) is 23.4. The molecule has 6 atom stereocenters. The lowest BCUT2D eigenvalue weighted by Crippen LogP contribution is -2.38. The van der Waals surface area contributed by atoms with Gasteiger partial charge < -0.3 is 40.5 Å². The third-order valence-corrected chi connectivity index (χ3v) is 12.3. The molecule has 0 saturated heterocycles. The highest BCUT2D eigenvalue weighted by Gasteiger charge is 2.28. The van der Waals surface area contributed by atoms with E-state index >= 15 is 0 Å². The number of phosphoric acid groups is 1. The van der Waals surface area contributed by atoms with Gasteiger partial charge in [0.05, 0.1) is 25.9 Å². The molecular formula is C47H84NO13PS. The number of aliphatic hydroxyl groups is 3. The molecule has 0 aromatic heterocycles. The lowest BCUT2D eigenvalue weighted by molar-refractivity contribution is -0.161. The van der Waals surface area contributed by atoms with Gasteiger partial charge in [-0.25, -0.2) is 4.57 Å². The van der Waals surface area contributed by atoms with Gasteiger partial charge in [-0.05, 0) is 44.4 Å². The number of carbonyl (C=O) groups excluding carboxylic acids is 2. The Morgan fingerprint density at radius 2 is 1.35 bits per heavy atom. The molecule has 0 saturated carbocycles. The predicted molar refractivity (Wildman–Crippen MR) is 252 cm³/mol. The van der Waals surface area contributed by atoms with Gasteiger partial charge in [0.15, 0.2) is 6.10 Å². The second-order valence-electron chi connectivity index (χ2n) is 16.5. The number of aliphatic carboxylic acids is 1. The SMILES string of the molecule is CCCCC/C=C\C\C=C/C=C/C=C/[C@@H](SC[C@H](N)C(=O)OC[C@H](COP(=O)(O)OC[C@@H](O)CO)OC(=O)CCCCCCCCCCCCCCC(C)C)[C@@H](O)CCCC(=O)O. The number of carboxylic acids is 1. The number of allylic oxidation sites excluding steroid dienone is 7. The zero-order valence-electron chi connectivity index (χ0n) is 38.6. The third-order valence-electron chi connectivity index (χ3n) is 9.91. The molecule has 366 valence electrons. The van der Waals surface area contributed by atoms with Crippen LogP contribution in [0.4, 0.5) is 0 Å². The maximum atomic E-state index is 13.0. The highest BCUT2D eigenvalue weighted by atomic mass is 32.2. The van der Waals surface area contributed by atoms with Crippen molar-refractivity contribution in [2.75, 3.05) is 32.2 Å². The number of phosphoric ester groups is 1. The first-order chi connectivity index (χ1) is 30.2. The molecule has 0 fully saturated rings. The Morgan fingerprint density at radius 3 is 1.97 bits per heavy atom. The van der Waals surface area contributed by atoms with Crippen LogP contribution in [0.15, 0.2) is 48.6 Å². The number of thioether (sulfide) groups is 1. The van der Waals surface area contributed by atoms with Crippen LogP contribution >= 0.6 is 19.6 Å². The molecule has 0 rings (SSSR count). The van der Waals surface area contributed by atoms with Crippen LogP contribution in [0.2, 0.25) is 0 Å². The van der Waals surface area contributed by atoms with Crippen LogP contribution < -0.4 is 5.73 Å². The van der Waals surface area contributed by atoms with Crippen molar-refractivity contribution in [2.45, 2.75) is 192 Å². The summed E-state index contributed by atoms with van der Waals surface area (Å²) in [6, 6.07) is -1.17. The number of aliphatic hydroxyl groups excluding tert-OH is 3. The predicted octanol–water partition coefficient (Wildman–Crippen LogP) is 9.29. The first kappa shape index (κ1) is 60.7. The number of unbranched alkanes of at least 4 members (excludes halogenated alkanes) is 14. The molecule has 0 heterocycles. The van der Waals surface area contributed by atoms with Crippen LogP contribution in [-0.4, -0.2) is 105 Å². The molecule has 0 amide bonds. The summed E-state index contributed by atoms with van der Waals surface area (Å²) in [5.41, 5.74) is 6.16. The van der Waals surface area contributed by atoms with E-state index in [1.807, 2.05) is 18.2 Å². The van der Waals surface area contributed by atoms with E-state index in [9.17, 15) is 34.1 Å². The molecule has 16 heteroatoms. The molecule has 0 radical (unpaired) electrons. The normalized spacial score (nSPS) is 15.6. The number of esters is 2. The van der Waals surface area contributed by atoms with E-state index in [4.69, 9.17) is 29.9 Å². The number of carboxylic acid groups (broad SMARTS) is 1. The molecule has 0 spiro atoms. The fourth-order valence-electron chi connectivity index (χ4n) is 6.15. The maximum Gasteiger partial charge on any atom is 0.472 e. The fourth-order valence-corrected chi connectivity index (χ4v) is 8.06. The van der Waals surface area contributed by atoms with E-state index in [2.05, 4.69) is 37.4 Å². The van der Waals surface area contributed by atoms with Gasteiger partial charge >= 0.3 is 25.7 Å². The van der Waals surface area contributed by atoms with Crippen molar-refractivity contribution in [3.8, 4) is 0 Å². The molecule has 0 aliphatic heterocycles. The standard InChI is InChI=1S/C47H84NO13PS/c1-4-5-6-7-8-9-10-14-17-20-23-26-31-44(43(51)30-28-32-45(52)53)63-38-42(48)47(55)58-36-41(37-60-62(56,57)59-35-40(50)34-49)61-46(54)33-27-24-21-18-15-12-11-13-16-19-22-25-29-39(2)3/h8-9,14,17,20,23,26,31,39-44,49-51H,4-7,10-13,15-16,18-19,21-22,24-25,27-30,32-38,48H2,1-3H3,(H,52,53)(H,56,57)/b9-8-,17-14-,23-20+,31-26+/t40-,41+,42-,43-,44+/m0/s1. The van der Waals surface area contributed by atoms with Crippen LogP contribution in [0.5, 0.6) is 0 Å². The Labute approximate surface area is 383 Å².